The summed E-state index contributed by atoms with van der Waals surface area (Å²) in [5, 5.41) is 15.2. The van der Waals surface area contributed by atoms with Gasteiger partial charge in [-0.1, -0.05) is 22.0 Å². The molecule has 2 heterocycles. The first kappa shape index (κ1) is 21.7. The average Bonchev–Trinajstić information content (AvgIpc) is 2.96. The lowest BCUT2D eigenvalue weighted by Crippen LogP contribution is -2.35. The van der Waals surface area contributed by atoms with E-state index >= 15 is 0 Å². The summed E-state index contributed by atoms with van der Waals surface area (Å²) in [5.41, 5.74) is 0.583. The maximum atomic E-state index is 12.0. The predicted octanol–water partition coefficient (Wildman–Crippen LogP) is 3.14. The van der Waals surface area contributed by atoms with Crippen molar-refractivity contribution in [3.05, 3.63) is 47.1 Å². The largest absolute Gasteiger partial charge is 0.439 e. The molecular formula is C16H18BrCl2N3O3. The summed E-state index contributed by atoms with van der Waals surface area (Å²) < 4.78 is 6.56. The predicted molar refractivity (Wildman–Crippen MR) is 104 cm³/mol. The van der Waals surface area contributed by atoms with Gasteiger partial charge in [0.1, 0.15) is 5.75 Å². The van der Waals surface area contributed by atoms with Crippen molar-refractivity contribution in [1.29, 1.82) is 0 Å². The van der Waals surface area contributed by atoms with Gasteiger partial charge in [-0.15, -0.1) is 24.8 Å². The molecule has 1 aromatic carbocycles. The topological polar surface area (TPSA) is 83.5 Å². The van der Waals surface area contributed by atoms with Crippen LogP contribution in [0.1, 0.15) is 6.42 Å². The maximum Gasteiger partial charge on any atom is 0.241 e. The molecule has 1 fully saturated rings. The molecule has 136 valence electrons. The molecule has 3 N–H and O–H groups in total. The number of carbonyl (C=O) groups is 1. The first-order valence-corrected chi connectivity index (χ1v) is 8.01. The molecule has 9 heteroatoms. The van der Waals surface area contributed by atoms with Crippen LogP contribution < -0.4 is 15.4 Å². The molecule has 1 aliphatic heterocycles. The zero-order valence-corrected chi connectivity index (χ0v) is 16.2. The van der Waals surface area contributed by atoms with Crippen molar-refractivity contribution < 1.29 is 14.6 Å². The van der Waals surface area contributed by atoms with Gasteiger partial charge >= 0.3 is 0 Å². The lowest BCUT2D eigenvalue weighted by molar-refractivity contribution is -0.117. The molecular weight excluding hydrogens is 433 g/mol. The van der Waals surface area contributed by atoms with Gasteiger partial charge in [0.05, 0.1) is 24.0 Å². The minimum atomic E-state index is -0.468. The van der Waals surface area contributed by atoms with E-state index in [0.29, 0.717) is 30.3 Å². The van der Waals surface area contributed by atoms with Gasteiger partial charge in [-0.2, -0.15) is 0 Å². The van der Waals surface area contributed by atoms with Crippen LogP contribution >= 0.6 is 40.7 Å². The van der Waals surface area contributed by atoms with Crippen molar-refractivity contribution >= 4 is 52.3 Å². The number of halogens is 3. The summed E-state index contributed by atoms with van der Waals surface area (Å²) in [4.78, 5) is 16.2. The third-order valence-corrected chi connectivity index (χ3v) is 3.94. The third kappa shape index (κ3) is 6.13. The first-order chi connectivity index (χ1) is 11.1. The number of ether oxygens (including phenoxy) is 1. The summed E-state index contributed by atoms with van der Waals surface area (Å²) in [6.07, 6.45) is 1.49. The van der Waals surface area contributed by atoms with Crippen molar-refractivity contribution in [2.45, 2.75) is 18.6 Å². The summed E-state index contributed by atoms with van der Waals surface area (Å²) in [7, 11) is 0. The van der Waals surface area contributed by atoms with Crippen molar-refractivity contribution in [2.75, 3.05) is 11.9 Å². The number of nitrogens with one attached hydrogen (secondary N) is 2. The van der Waals surface area contributed by atoms with Crippen LogP contribution in [-0.4, -0.2) is 34.7 Å². The lowest BCUT2D eigenvalue weighted by Gasteiger charge is -2.11. The van der Waals surface area contributed by atoms with Gasteiger partial charge in [0.25, 0.3) is 0 Å². The number of aliphatic hydroxyl groups excluding tert-OH is 1. The number of hydrogen-bond donors (Lipinski definition) is 3. The minimum absolute atomic E-state index is 0. The number of pyridine rings is 1. The van der Waals surface area contributed by atoms with Crippen LogP contribution in [0, 0.1) is 0 Å². The number of β-amino-alcohol motifs (C(OH)–C–C–N with tert-alkyl or cyclic N) is 1. The average molecular weight is 451 g/mol. The molecule has 0 bridgehead atoms. The van der Waals surface area contributed by atoms with Crippen molar-refractivity contribution in [1.82, 2.24) is 10.3 Å². The summed E-state index contributed by atoms with van der Waals surface area (Å²) >= 11 is 3.38. The van der Waals surface area contributed by atoms with Crippen LogP contribution in [0.15, 0.2) is 47.1 Å². The van der Waals surface area contributed by atoms with Crippen LogP contribution in [0.3, 0.4) is 0 Å². The molecule has 6 nitrogen and oxygen atoms in total. The van der Waals surface area contributed by atoms with E-state index in [9.17, 15) is 9.90 Å². The second-order valence-electron chi connectivity index (χ2n) is 5.28. The Morgan fingerprint density at radius 1 is 1.32 bits per heavy atom. The summed E-state index contributed by atoms with van der Waals surface area (Å²) in [6.45, 7) is 0.440. The van der Waals surface area contributed by atoms with Crippen LogP contribution in [-0.2, 0) is 4.79 Å². The van der Waals surface area contributed by atoms with Crippen LogP contribution in [0.25, 0.3) is 0 Å². The Hall–Kier alpha value is -1.38. The van der Waals surface area contributed by atoms with Crippen molar-refractivity contribution in [2.24, 2.45) is 0 Å². The van der Waals surface area contributed by atoms with E-state index in [4.69, 9.17) is 4.74 Å². The molecule has 2 unspecified atom stereocenters. The molecule has 1 aliphatic rings. The van der Waals surface area contributed by atoms with Crippen molar-refractivity contribution in [3.8, 4) is 11.6 Å². The maximum absolute atomic E-state index is 12.0. The number of nitrogens with zero attached hydrogens (tertiary/aromatic N) is 1. The van der Waals surface area contributed by atoms with Crippen LogP contribution in [0.5, 0.6) is 11.6 Å². The fraction of sp³-hybridized carbons (Fsp3) is 0.250. The first-order valence-electron chi connectivity index (χ1n) is 7.22. The second-order valence-corrected chi connectivity index (χ2v) is 6.20. The van der Waals surface area contributed by atoms with Crippen LogP contribution in [0.4, 0.5) is 5.69 Å². The highest BCUT2D eigenvalue weighted by Crippen LogP contribution is 2.23. The number of rotatable bonds is 4. The van der Waals surface area contributed by atoms with Gasteiger partial charge in [-0.05, 0) is 30.7 Å². The number of amides is 1. The molecule has 0 saturated carbocycles. The minimum Gasteiger partial charge on any atom is -0.439 e. The van der Waals surface area contributed by atoms with E-state index in [1.54, 1.807) is 12.1 Å². The Balaban J connectivity index is 0.00000156. The van der Waals surface area contributed by atoms with E-state index in [2.05, 4.69) is 31.5 Å². The molecule has 0 spiro atoms. The molecule has 2 atom stereocenters. The highest BCUT2D eigenvalue weighted by molar-refractivity contribution is 9.10. The Kier molecular flexibility index (Phi) is 8.61. The molecule has 3 rings (SSSR count). The number of aromatic nitrogens is 1. The molecule has 2 aromatic rings. The highest BCUT2D eigenvalue weighted by atomic mass is 79.9. The Morgan fingerprint density at radius 2 is 2.12 bits per heavy atom. The Morgan fingerprint density at radius 3 is 2.72 bits per heavy atom. The number of carbonyl (C=O) groups excluding carboxylic acids is 1. The van der Waals surface area contributed by atoms with Gasteiger partial charge in [-0.25, -0.2) is 4.98 Å². The van der Waals surface area contributed by atoms with E-state index < -0.39 is 6.10 Å². The smallest absolute Gasteiger partial charge is 0.241 e. The molecule has 1 aromatic heterocycles. The van der Waals surface area contributed by atoms with Crippen molar-refractivity contribution in [3.63, 3.8) is 0 Å². The number of hydrogen-bond acceptors (Lipinski definition) is 5. The molecule has 1 saturated heterocycles. The summed E-state index contributed by atoms with van der Waals surface area (Å²) in [6, 6.07) is 10.5. The number of anilines is 1. The van der Waals surface area contributed by atoms with Gasteiger partial charge in [0.15, 0.2) is 0 Å². The van der Waals surface area contributed by atoms with E-state index in [1.807, 2.05) is 24.3 Å². The second kappa shape index (κ2) is 9.94. The van der Waals surface area contributed by atoms with E-state index in [0.717, 1.165) is 4.47 Å². The standard InChI is InChI=1S/C16H16BrN3O3.2ClH/c17-10-2-1-3-13(6-10)23-15-5-4-11(8-19-15)20-16(22)14-7-12(21)9-18-14;;/h1-6,8,12,14,18,21H,7,9H2,(H,20,22);2*1H. The highest BCUT2D eigenvalue weighted by Gasteiger charge is 2.27. The lowest BCUT2D eigenvalue weighted by atomic mass is 10.2. The quantitative estimate of drug-likeness (QED) is 0.666. The molecule has 25 heavy (non-hydrogen) atoms. The Labute approximate surface area is 166 Å². The fourth-order valence-electron chi connectivity index (χ4n) is 2.31. The van der Waals surface area contributed by atoms with Crippen LogP contribution in [0.2, 0.25) is 0 Å². The third-order valence-electron chi connectivity index (χ3n) is 3.45. The molecule has 0 aliphatic carbocycles. The summed E-state index contributed by atoms with van der Waals surface area (Å²) in [5.74, 6) is 0.937. The van der Waals surface area contributed by atoms with Gasteiger partial charge in [-0.3, -0.25) is 4.79 Å². The normalized spacial score (nSPS) is 18.6. The zero-order valence-electron chi connectivity index (χ0n) is 13.0. The van der Waals surface area contributed by atoms with Gasteiger partial charge in [0.2, 0.25) is 11.8 Å². The molecule has 0 radical (unpaired) electrons. The number of aliphatic hydroxyl groups is 1. The van der Waals surface area contributed by atoms with Gasteiger partial charge < -0.3 is 20.5 Å². The van der Waals surface area contributed by atoms with E-state index in [-0.39, 0.29) is 36.8 Å². The zero-order chi connectivity index (χ0) is 16.2. The fourth-order valence-corrected chi connectivity index (χ4v) is 2.69. The van der Waals surface area contributed by atoms with Gasteiger partial charge in [0, 0.05) is 17.1 Å². The van der Waals surface area contributed by atoms with E-state index in [1.165, 1.54) is 6.20 Å². The monoisotopic (exact) mass is 449 g/mol. The molecule has 1 amide bonds. The Bertz CT molecular complexity index is 703. The SMILES string of the molecule is Cl.Cl.O=C(Nc1ccc(Oc2cccc(Br)c2)nc1)C1CC(O)CN1. The number of benzene rings is 1.